The fraction of sp³-hybridized carbons (Fsp3) is 0.421. The molecule has 0 radical (unpaired) electrons. The van der Waals surface area contributed by atoms with E-state index in [-0.39, 0.29) is 41.4 Å². The van der Waals surface area contributed by atoms with Gasteiger partial charge in [0.15, 0.2) is 0 Å². The van der Waals surface area contributed by atoms with Crippen LogP contribution in [0.25, 0.3) is 0 Å². The Kier molecular flexibility index (Phi) is 14.1. The van der Waals surface area contributed by atoms with Gasteiger partial charge in [0.25, 0.3) is 11.8 Å². The molecule has 1 fully saturated rings. The number of hydrogen-bond acceptors (Lipinski definition) is 8. The van der Waals surface area contributed by atoms with Crippen molar-refractivity contribution in [1.29, 1.82) is 0 Å². The molecule has 2 heterocycles. The van der Waals surface area contributed by atoms with Gasteiger partial charge in [-0.15, -0.1) is 0 Å². The van der Waals surface area contributed by atoms with E-state index in [0.717, 1.165) is 11.1 Å². The summed E-state index contributed by atoms with van der Waals surface area (Å²) in [6.45, 7) is 10.4. The minimum atomic E-state index is -0.690. The molecule has 0 bridgehead atoms. The van der Waals surface area contributed by atoms with Gasteiger partial charge in [-0.25, -0.2) is 4.79 Å². The number of hydrogen-bond donors (Lipinski definition) is 5. The molecule has 51 heavy (non-hydrogen) atoms. The van der Waals surface area contributed by atoms with E-state index >= 15 is 0 Å². The molecular formula is C38H49N7O6. The molecule has 1 unspecified atom stereocenters. The van der Waals surface area contributed by atoms with Crippen molar-refractivity contribution < 1.29 is 28.7 Å². The number of ether oxygens (including phenoxy) is 1. The third kappa shape index (κ3) is 11.1. The Balaban J connectivity index is 1.56. The predicted octanol–water partition coefficient (Wildman–Crippen LogP) is 3.52. The molecule has 5 N–H and O–H groups in total. The number of rotatable bonds is 16. The van der Waals surface area contributed by atoms with Crippen LogP contribution in [0, 0.1) is 5.92 Å². The highest BCUT2D eigenvalue weighted by Crippen LogP contribution is 2.24. The predicted molar refractivity (Wildman–Crippen MR) is 194 cm³/mol. The average Bonchev–Trinajstić information content (AvgIpc) is 3.13. The fourth-order valence-corrected chi connectivity index (χ4v) is 5.66. The molecule has 13 heteroatoms. The number of nitrogens with zero attached hydrogens (tertiary/aromatic N) is 2. The molecule has 1 saturated heterocycles. The fourth-order valence-electron chi connectivity index (χ4n) is 5.66. The zero-order chi connectivity index (χ0) is 36.9. The first-order chi connectivity index (χ1) is 24.5. The van der Waals surface area contributed by atoms with E-state index < -0.39 is 36.0 Å². The van der Waals surface area contributed by atoms with Gasteiger partial charge in [0, 0.05) is 54.9 Å². The van der Waals surface area contributed by atoms with Crippen molar-refractivity contribution in [3.05, 3.63) is 95.3 Å². The normalized spacial score (nSPS) is 15.2. The van der Waals surface area contributed by atoms with E-state index in [1.54, 1.807) is 37.5 Å². The van der Waals surface area contributed by atoms with Crippen molar-refractivity contribution in [3.8, 4) is 0 Å². The minimum absolute atomic E-state index is 0.120. The number of aromatic nitrogens is 1. The van der Waals surface area contributed by atoms with Crippen LogP contribution in [0.5, 0.6) is 0 Å². The first-order valence-corrected chi connectivity index (χ1v) is 17.4. The SMILES string of the molecule is CCNC(=O)[C@@H](NC(=O)[C@H](C)NC[C@H](Cc1ccccc1)NC(=O)c1cc(C(=O)NC(C)c2cccnc2)cc(N2CCCOC2=O)c1)C(C)C. The maximum Gasteiger partial charge on any atom is 0.414 e. The summed E-state index contributed by atoms with van der Waals surface area (Å²) in [7, 11) is 0. The third-order valence-electron chi connectivity index (χ3n) is 8.58. The number of nitrogens with one attached hydrogen (secondary N) is 5. The molecule has 0 saturated carbocycles. The van der Waals surface area contributed by atoms with E-state index in [1.807, 2.05) is 64.1 Å². The Bertz CT molecular complexity index is 1650. The van der Waals surface area contributed by atoms with Gasteiger partial charge < -0.3 is 31.3 Å². The quantitative estimate of drug-likeness (QED) is 0.151. The summed E-state index contributed by atoms with van der Waals surface area (Å²) < 4.78 is 5.25. The summed E-state index contributed by atoms with van der Waals surface area (Å²) in [5, 5.41) is 14.8. The second kappa shape index (κ2) is 18.6. The molecule has 1 aromatic heterocycles. The number of carbonyl (C=O) groups excluding carboxylic acids is 5. The van der Waals surface area contributed by atoms with Crippen molar-refractivity contribution in [2.75, 3.05) is 31.1 Å². The average molecular weight is 700 g/mol. The van der Waals surface area contributed by atoms with Crippen LogP contribution >= 0.6 is 0 Å². The van der Waals surface area contributed by atoms with Gasteiger partial charge in [-0.3, -0.25) is 29.1 Å². The molecule has 4 rings (SSSR count). The van der Waals surface area contributed by atoms with Gasteiger partial charge in [0.2, 0.25) is 11.8 Å². The van der Waals surface area contributed by atoms with Crippen molar-refractivity contribution in [1.82, 2.24) is 31.6 Å². The Morgan fingerprint density at radius 2 is 1.59 bits per heavy atom. The molecule has 1 aliphatic rings. The number of amides is 5. The Morgan fingerprint density at radius 3 is 2.22 bits per heavy atom. The first kappa shape index (κ1) is 38.5. The molecule has 5 amide bonds. The molecule has 3 aromatic rings. The summed E-state index contributed by atoms with van der Waals surface area (Å²) in [5.41, 5.74) is 2.51. The van der Waals surface area contributed by atoms with Crippen LogP contribution in [0.4, 0.5) is 10.5 Å². The molecule has 4 atom stereocenters. The lowest BCUT2D eigenvalue weighted by Crippen LogP contribution is -2.55. The van der Waals surface area contributed by atoms with Crippen LogP contribution in [0.2, 0.25) is 0 Å². The number of likely N-dealkylation sites (N-methyl/N-ethyl adjacent to an activating group) is 1. The number of benzene rings is 2. The Hall–Kier alpha value is -5.30. The largest absolute Gasteiger partial charge is 0.449 e. The first-order valence-electron chi connectivity index (χ1n) is 17.4. The van der Waals surface area contributed by atoms with Crippen LogP contribution in [-0.2, 0) is 20.7 Å². The summed E-state index contributed by atoms with van der Waals surface area (Å²) >= 11 is 0. The van der Waals surface area contributed by atoms with Crippen molar-refractivity contribution in [2.45, 2.75) is 71.6 Å². The van der Waals surface area contributed by atoms with Gasteiger partial charge in [0.1, 0.15) is 6.04 Å². The zero-order valence-corrected chi connectivity index (χ0v) is 29.9. The second-order valence-corrected chi connectivity index (χ2v) is 13.0. The number of cyclic esters (lactones) is 1. The van der Waals surface area contributed by atoms with Crippen LogP contribution < -0.4 is 31.5 Å². The van der Waals surface area contributed by atoms with E-state index in [9.17, 15) is 24.0 Å². The molecule has 272 valence electrons. The second-order valence-electron chi connectivity index (χ2n) is 13.0. The minimum Gasteiger partial charge on any atom is -0.449 e. The van der Waals surface area contributed by atoms with E-state index in [4.69, 9.17) is 4.74 Å². The molecule has 2 aromatic carbocycles. The van der Waals surface area contributed by atoms with Crippen LogP contribution in [-0.4, -0.2) is 79.1 Å². The van der Waals surface area contributed by atoms with Crippen LogP contribution in [0.3, 0.4) is 0 Å². The van der Waals surface area contributed by atoms with E-state index in [0.29, 0.717) is 38.2 Å². The Labute approximate surface area is 299 Å². The maximum atomic E-state index is 14.0. The summed E-state index contributed by atoms with van der Waals surface area (Å²) in [4.78, 5) is 71.5. The zero-order valence-electron chi connectivity index (χ0n) is 29.9. The van der Waals surface area contributed by atoms with Gasteiger partial charge in [0.05, 0.1) is 18.7 Å². The summed E-state index contributed by atoms with van der Waals surface area (Å²) in [6, 6.07) is 15.7. The maximum absolute atomic E-state index is 14.0. The smallest absolute Gasteiger partial charge is 0.414 e. The van der Waals surface area contributed by atoms with Crippen molar-refractivity contribution in [2.24, 2.45) is 5.92 Å². The molecular weight excluding hydrogens is 650 g/mol. The lowest BCUT2D eigenvalue weighted by atomic mass is 10.0. The summed E-state index contributed by atoms with van der Waals surface area (Å²) in [5.74, 6) is -1.61. The van der Waals surface area contributed by atoms with Crippen molar-refractivity contribution >= 4 is 35.4 Å². The topological polar surface area (TPSA) is 171 Å². The lowest BCUT2D eigenvalue weighted by Gasteiger charge is -2.27. The monoisotopic (exact) mass is 699 g/mol. The number of carbonyl (C=O) groups is 5. The van der Waals surface area contributed by atoms with Crippen molar-refractivity contribution in [3.63, 3.8) is 0 Å². The van der Waals surface area contributed by atoms with Gasteiger partial charge in [-0.2, -0.15) is 0 Å². The van der Waals surface area contributed by atoms with E-state index in [2.05, 4.69) is 31.6 Å². The van der Waals surface area contributed by atoms with Gasteiger partial charge in [-0.1, -0.05) is 50.2 Å². The highest BCUT2D eigenvalue weighted by molar-refractivity contribution is 6.03. The number of anilines is 1. The van der Waals surface area contributed by atoms with Crippen LogP contribution in [0.15, 0.2) is 73.1 Å². The summed E-state index contributed by atoms with van der Waals surface area (Å²) in [6.07, 6.45) is 3.80. The molecule has 0 spiro atoms. The van der Waals surface area contributed by atoms with Crippen LogP contribution in [0.1, 0.15) is 78.9 Å². The third-order valence-corrected chi connectivity index (χ3v) is 8.58. The van der Waals surface area contributed by atoms with Gasteiger partial charge >= 0.3 is 6.09 Å². The van der Waals surface area contributed by atoms with E-state index in [1.165, 1.54) is 11.0 Å². The molecule has 13 nitrogen and oxygen atoms in total. The van der Waals surface area contributed by atoms with Gasteiger partial charge in [-0.05, 0) is 74.9 Å². The lowest BCUT2D eigenvalue weighted by molar-refractivity contribution is -0.130. The molecule has 1 aliphatic heterocycles. The highest BCUT2D eigenvalue weighted by atomic mass is 16.6. The molecule has 0 aliphatic carbocycles. The Morgan fingerprint density at radius 1 is 0.882 bits per heavy atom. The number of pyridine rings is 1. The highest BCUT2D eigenvalue weighted by Gasteiger charge is 2.28. The standard InChI is InChI=1S/C38H49N7O6/c1-6-40-37(49)33(24(2)3)44-34(46)26(5)41-23-31(18-27-12-8-7-9-13-27)43-36(48)30-19-29(20-32(21-30)45-16-11-17-51-38(45)50)35(47)42-25(4)28-14-10-15-39-22-28/h7-10,12-15,19-22,24-26,31,33,41H,6,11,16-18,23H2,1-5H3,(H,40,49)(H,42,47)(H,43,48)(H,44,46)/t25?,26-,31-,33-/m0/s1.